The molecule has 3 atom stereocenters. The fourth-order valence-electron chi connectivity index (χ4n) is 3.32. The van der Waals surface area contributed by atoms with Gasteiger partial charge in [0, 0.05) is 12.2 Å². The molecule has 0 radical (unpaired) electrons. The zero-order valence-electron chi connectivity index (χ0n) is 9.80. The summed E-state index contributed by atoms with van der Waals surface area (Å²) in [5, 5.41) is 7.64. The SMILES string of the molecule is NC(=O)Cn1cc(NC2CC3CCC2C3)cn1. The Kier molecular flexibility index (Phi) is 2.53. The first-order chi connectivity index (χ1) is 8.20. The van der Waals surface area contributed by atoms with Crippen LogP contribution in [-0.2, 0) is 11.3 Å². The number of nitrogens with one attached hydrogen (secondary N) is 1. The van der Waals surface area contributed by atoms with Crippen LogP contribution in [0.5, 0.6) is 0 Å². The molecule has 2 aliphatic carbocycles. The van der Waals surface area contributed by atoms with Crippen molar-refractivity contribution in [3.63, 3.8) is 0 Å². The van der Waals surface area contributed by atoms with E-state index in [4.69, 9.17) is 5.73 Å². The lowest BCUT2D eigenvalue weighted by molar-refractivity contribution is -0.118. The maximum atomic E-state index is 10.8. The molecule has 0 aliphatic heterocycles. The van der Waals surface area contributed by atoms with Gasteiger partial charge >= 0.3 is 0 Å². The highest BCUT2D eigenvalue weighted by Crippen LogP contribution is 2.45. The highest BCUT2D eigenvalue weighted by molar-refractivity contribution is 5.73. The van der Waals surface area contributed by atoms with Crippen LogP contribution in [0.3, 0.4) is 0 Å². The van der Waals surface area contributed by atoms with E-state index in [1.165, 1.54) is 25.7 Å². The molecule has 1 heterocycles. The van der Waals surface area contributed by atoms with Crippen LogP contribution in [0.25, 0.3) is 0 Å². The number of rotatable bonds is 4. The molecule has 1 aromatic rings. The molecule has 5 heteroatoms. The fourth-order valence-corrected chi connectivity index (χ4v) is 3.32. The third-order valence-corrected chi connectivity index (χ3v) is 4.04. The number of hydrogen-bond acceptors (Lipinski definition) is 3. The molecule has 1 amide bonds. The molecular weight excluding hydrogens is 216 g/mol. The highest BCUT2D eigenvalue weighted by Gasteiger charge is 2.39. The summed E-state index contributed by atoms with van der Waals surface area (Å²) in [5.41, 5.74) is 6.13. The Morgan fingerprint density at radius 1 is 1.53 bits per heavy atom. The number of carbonyl (C=O) groups excluding carboxylic acids is 1. The fraction of sp³-hybridized carbons (Fsp3) is 0.667. The molecule has 92 valence electrons. The Morgan fingerprint density at radius 3 is 3.06 bits per heavy atom. The van der Waals surface area contributed by atoms with E-state index >= 15 is 0 Å². The Balaban J connectivity index is 1.61. The normalized spacial score (nSPS) is 30.7. The van der Waals surface area contributed by atoms with Crippen molar-refractivity contribution >= 4 is 11.6 Å². The van der Waals surface area contributed by atoms with Crippen molar-refractivity contribution in [2.24, 2.45) is 17.6 Å². The molecular formula is C12H18N4O. The topological polar surface area (TPSA) is 72.9 Å². The highest BCUT2D eigenvalue weighted by atomic mass is 16.1. The average molecular weight is 234 g/mol. The van der Waals surface area contributed by atoms with Gasteiger partial charge in [0.05, 0.1) is 11.9 Å². The Labute approximate surface area is 100 Å². The van der Waals surface area contributed by atoms with Gasteiger partial charge in [-0.3, -0.25) is 9.48 Å². The molecule has 2 fully saturated rings. The predicted molar refractivity (Wildman–Crippen MR) is 64.3 cm³/mol. The van der Waals surface area contributed by atoms with Crippen molar-refractivity contribution in [1.29, 1.82) is 0 Å². The number of fused-ring (bicyclic) bond motifs is 2. The van der Waals surface area contributed by atoms with Crippen molar-refractivity contribution in [3.05, 3.63) is 12.4 Å². The van der Waals surface area contributed by atoms with Crippen LogP contribution in [0.1, 0.15) is 25.7 Å². The molecule has 2 aliphatic rings. The monoisotopic (exact) mass is 234 g/mol. The summed E-state index contributed by atoms with van der Waals surface area (Å²) in [5.74, 6) is 1.40. The second kappa shape index (κ2) is 4.05. The average Bonchev–Trinajstić information content (AvgIpc) is 2.94. The molecule has 1 aromatic heterocycles. The quantitative estimate of drug-likeness (QED) is 0.815. The third-order valence-electron chi connectivity index (χ3n) is 4.04. The minimum atomic E-state index is -0.362. The van der Waals surface area contributed by atoms with Crippen molar-refractivity contribution in [2.75, 3.05) is 5.32 Å². The molecule has 2 saturated carbocycles. The van der Waals surface area contributed by atoms with Crippen LogP contribution in [0.2, 0.25) is 0 Å². The first kappa shape index (κ1) is 10.6. The second-order valence-corrected chi connectivity index (χ2v) is 5.32. The van der Waals surface area contributed by atoms with Gasteiger partial charge in [-0.1, -0.05) is 6.42 Å². The number of primary amides is 1. The van der Waals surface area contributed by atoms with Gasteiger partial charge in [0.25, 0.3) is 0 Å². The van der Waals surface area contributed by atoms with E-state index < -0.39 is 0 Å². The van der Waals surface area contributed by atoms with Gasteiger partial charge in [-0.2, -0.15) is 5.10 Å². The maximum Gasteiger partial charge on any atom is 0.239 e. The smallest absolute Gasteiger partial charge is 0.239 e. The lowest BCUT2D eigenvalue weighted by atomic mass is 9.95. The van der Waals surface area contributed by atoms with E-state index in [0.717, 1.165) is 17.5 Å². The van der Waals surface area contributed by atoms with Crippen LogP contribution < -0.4 is 11.1 Å². The minimum Gasteiger partial charge on any atom is -0.379 e. The lowest BCUT2D eigenvalue weighted by Crippen LogP contribution is -2.25. The van der Waals surface area contributed by atoms with Gasteiger partial charge < -0.3 is 11.1 Å². The molecule has 0 saturated heterocycles. The zero-order chi connectivity index (χ0) is 11.8. The summed E-state index contributed by atoms with van der Waals surface area (Å²) in [6.07, 6.45) is 9.06. The maximum absolute atomic E-state index is 10.8. The van der Waals surface area contributed by atoms with E-state index in [2.05, 4.69) is 10.4 Å². The van der Waals surface area contributed by atoms with Crippen LogP contribution in [-0.4, -0.2) is 21.7 Å². The minimum absolute atomic E-state index is 0.151. The number of aromatic nitrogens is 2. The van der Waals surface area contributed by atoms with Gasteiger partial charge in [0.2, 0.25) is 5.91 Å². The lowest BCUT2D eigenvalue weighted by Gasteiger charge is -2.22. The van der Waals surface area contributed by atoms with Gasteiger partial charge in [0.15, 0.2) is 0 Å². The molecule has 0 aromatic carbocycles. The number of nitrogens with zero attached hydrogens (tertiary/aromatic N) is 2. The second-order valence-electron chi connectivity index (χ2n) is 5.32. The molecule has 17 heavy (non-hydrogen) atoms. The summed E-state index contributed by atoms with van der Waals surface area (Å²) in [6.45, 7) is 0.151. The number of carbonyl (C=O) groups is 1. The number of anilines is 1. The van der Waals surface area contributed by atoms with Crippen LogP contribution in [0.4, 0.5) is 5.69 Å². The Hall–Kier alpha value is -1.52. The third kappa shape index (κ3) is 2.14. The van der Waals surface area contributed by atoms with Crippen molar-refractivity contribution in [1.82, 2.24) is 9.78 Å². The van der Waals surface area contributed by atoms with Crippen LogP contribution in [0, 0.1) is 11.8 Å². The first-order valence-electron chi connectivity index (χ1n) is 6.28. The summed E-state index contributed by atoms with van der Waals surface area (Å²) >= 11 is 0. The number of hydrogen-bond donors (Lipinski definition) is 2. The van der Waals surface area contributed by atoms with Crippen LogP contribution >= 0.6 is 0 Å². The van der Waals surface area contributed by atoms with Crippen molar-refractivity contribution in [2.45, 2.75) is 38.3 Å². The molecule has 5 nitrogen and oxygen atoms in total. The summed E-state index contributed by atoms with van der Waals surface area (Å²) < 4.78 is 1.58. The van der Waals surface area contributed by atoms with E-state index in [9.17, 15) is 4.79 Å². The summed E-state index contributed by atoms with van der Waals surface area (Å²) in [6, 6.07) is 0.597. The summed E-state index contributed by atoms with van der Waals surface area (Å²) in [4.78, 5) is 10.8. The van der Waals surface area contributed by atoms with E-state index in [-0.39, 0.29) is 12.5 Å². The molecule has 3 unspecified atom stereocenters. The van der Waals surface area contributed by atoms with Crippen molar-refractivity contribution < 1.29 is 4.79 Å². The largest absolute Gasteiger partial charge is 0.379 e. The Morgan fingerprint density at radius 2 is 2.41 bits per heavy atom. The summed E-state index contributed by atoms with van der Waals surface area (Å²) in [7, 11) is 0. The molecule has 0 spiro atoms. The predicted octanol–water partition coefficient (Wildman–Crippen LogP) is 0.969. The first-order valence-corrected chi connectivity index (χ1v) is 6.28. The van der Waals surface area contributed by atoms with E-state index in [0.29, 0.717) is 6.04 Å². The van der Waals surface area contributed by atoms with E-state index in [1.54, 1.807) is 10.9 Å². The van der Waals surface area contributed by atoms with Crippen LogP contribution in [0.15, 0.2) is 12.4 Å². The zero-order valence-corrected chi connectivity index (χ0v) is 9.80. The Bertz CT molecular complexity index is 428. The van der Waals surface area contributed by atoms with Gasteiger partial charge in [-0.25, -0.2) is 0 Å². The standard InChI is InChI=1S/C12H18N4O/c13-12(17)7-16-6-10(5-14-16)15-11-4-8-1-2-9(11)3-8/h5-6,8-9,11,15H,1-4,7H2,(H2,13,17). The van der Waals surface area contributed by atoms with E-state index in [1.807, 2.05) is 6.20 Å². The van der Waals surface area contributed by atoms with Crippen molar-refractivity contribution in [3.8, 4) is 0 Å². The van der Waals surface area contributed by atoms with Gasteiger partial charge in [-0.05, 0) is 31.1 Å². The van der Waals surface area contributed by atoms with Gasteiger partial charge in [-0.15, -0.1) is 0 Å². The molecule has 3 N–H and O–H groups in total. The number of amides is 1. The molecule has 3 rings (SSSR count). The number of nitrogens with two attached hydrogens (primary N) is 1. The molecule has 2 bridgehead atoms. The van der Waals surface area contributed by atoms with Gasteiger partial charge in [0.1, 0.15) is 6.54 Å².